The maximum Gasteiger partial charge on any atom is 0.247 e. The van der Waals surface area contributed by atoms with E-state index in [2.05, 4.69) is 15.3 Å². The molecule has 32 heavy (non-hydrogen) atoms. The Kier molecular flexibility index (Phi) is 5.29. The minimum absolute atomic E-state index is 0.0400. The molecule has 170 valence electrons. The van der Waals surface area contributed by atoms with E-state index in [1.807, 2.05) is 0 Å². The lowest BCUT2D eigenvalue weighted by molar-refractivity contribution is 0.0988. The number of Topliss-reactive ketones (excluding diaryl/α,β-unsaturated/α-hetero) is 1. The lowest BCUT2D eigenvalue weighted by Gasteiger charge is -2.48. The van der Waals surface area contributed by atoms with E-state index in [9.17, 15) is 17.6 Å². The molecule has 0 radical (unpaired) electrons. The van der Waals surface area contributed by atoms with Gasteiger partial charge in [-0.3, -0.25) is 9.78 Å². The van der Waals surface area contributed by atoms with E-state index in [1.54, 1.807) is 6.92 Å². The van der Waals surface area contributed by atoms with Crippen LogP contribution in [0, 0.1) is 11.6 Å². The number of carbonyl (C=O) groups excluding carboxylic acids is 1. The number of sulfonamides is 1. The van der Waals surface area contributed by atoms with Crippen LogP contribution in [0.15, 0.2) is 41.5 Å². The van der Waals surface area contributed by atoms with Crippen LogP contribution in [0.4, 0.5) is 8.78 Å². The minimum atomic E-state index is -3.97. The smallest absolute Gasteiger partial charge is 0.247 e. The quantitative estimate of drug-likeness (QED) is 0.661. The fourth-order valence-corrected chi connectivity index (χ4v) is 6.63. The number of nitrogens with two attached hydrogens (primary N) is 1. The van der Waals surface area contributed by atoms with Gasteiger partial charge in [0, 0.05) is 25.6 Å². The molecule has 2 aliphatic rings. The van der Waals surface area contributed by atoms with Gasteiger partial charge in [0.1, 0.15) is 27.6 Å². The molecule has 1 saturated heterocycles. The van der Waals surface area contributed by atoms with Crippen LogP contribution in [-0.2, 0) is 22.0 Å². The first-order valence-corrected chi connectivity index (χ1v) is 11.4. The third kappa shape index (κ3) is 3.18. The van der Waals surface area contributed by atoms with Crippen molar-refractivity contribution < 1.29 is 22.0 Å². The Hall–Kier alpha value is -2.92. The number of hydrogen-bond donors (Lipinski definition) is 2. The summed E-state index contributed by atoms with van der Waals surface area (Å²) in [5.74, 6) is -1.83. The maximum absolute atomic E-state index is 15.1. The van der Waals surface area contributed by atoms with Crippen LogP contribution >= 0.6 is 0 Å². The third-order valence-electron chi connectivity index (χ3n) is 6.45. The second kappa shape index (κ2) is 7.59. The van der Waals surface area contributed by atoms with E-state index in [0.29, 0.717) is 12.1 Å². The predicted octanol–water partition coefficient (Wildman–Crippen LogP) is 1.32. The molecule has 3 N–H and O–H groups in total. The number of nitrogens with zero attached hydrogens (tertiary/aromatic N) is 3. The van der Waals surface area contributed by atoms with Crippen LogP contribution in [0.1, 0.15) is 35.0 Å². The first-order valence-electron chi connectivity index (χ1n) is 10.00. The average Bonchev–Trinajstić information content (AvgIpc) is 3.26. The molecule has 3 heterocycles. The number of guanidine groups is 1. The summed E-state index contributed by atoms with van der Waals surface area (Å²) in [6, 6.07) is 6.49. The van der Waals surface area contributed by atoms with Crippen LogP contribution in [0.5, 0.6) is 0 Å². The van der Waals surface area contributed by atoms with Crippen LogP contribution < -0.4 is 11.1 Å². The van der Waals surface area contributed by atoms with Crippen molar-refractivity contribution in [3.63, 3.8) is 0 Å². The van der Waals surface area contributed by atoms with Gasteiger partial charge in [-0.1, -0.05) is 6.07 Å². The van der Waals surface area contributed by atoms with E-state index < -0.39 is 31.9 Å². The highest BCUT2D eigenvalue weighted by Gasteiger charge is 2.64. The van der Waals surface area contributed by atoms with Gasteiger partial charge in [0.05, 0.1) is 6.20 Å². The Morgan fingerprint density at radius 2 is 2.03 bits per heavy atom. The maximum atomic E-state index is 15.1. The third-order valence-corrected chi connectivity index (χ3v) is 9.09. The number of nitrogens with one attached hydrogen (secondary N) is 1. The summed E-state index contributed by atoms with van der Waals surface area (Å²) < 4.78 is 54.6. The van der Waals surface area contributed by atoms with Gasteiger partial charge in [-0.25, -0.2) is 26.5 Å². The zero-order chi connectivity index (χ0) is 23.3. The van der Waals surface area contributed by atoms with Crippen molar-refractivity contribution in [3.8, 4) is 0 Å². The topological polar surface area (TPSA) is 118 Å². The molecule has 1 aromatic carbocycles. The zero-order valence-electron chi connectivity index (χ0n) is 17.6. The molecule has 0 amide bonds. The fourth-order valence-electron chi connectivity index (χ4n) is 4.52. The van der Waals surface area contributed by atoms with Gasteiger partial charge in [-0.2, -0.15) is 0 Å². The number of rotatable bonds is 4. The molecular weight excluding hydrogens is 440 g/mol. The summed E-state index contributed by atoms with van der Waals surface area (Å²) in [6.45, 7) is 2.06. The number of hydrogen-bond acceptors (Lipinski definition) is 7. The standard InChI is InChI=1S/C21H23F2N5O3S/c1-20(21(7-8-25-12-21)32(30,31)28(2)19(24)27-20)15-9-13(3-5-16(15)23)10-18(29)17-6-4-14(22)11-26-17/h3-6,9,11,25H,7-8,10,12H2,1-2H3,(H2,24,27)/t20-,21?/m1/s1. The molecule has 0 bridgehead atoms. The molecule has 0 aliphatic carbocycles. The van der Waals surface area contributed by atoms with Gasteiger partial charge >= 0.3 is 0 Å². The van der Waals surface area contributed by atoms with Crippen LogP contribution in [0.3, 0.4) is 0 Å². The molecule has 11 heteroatoms. The Morgan fingerprint density at radius 3 is 2.66 bits per heavy atom. The number of pyridine rings is 1. The van der Waals surface area contributed by atoms with Crippen molar-refractivity contribution in [3.05, 3.63) is 65.0 Å². The summed E-state index contributed by atoms with van der Waals surface area (Å²) in [6.07, 6.45) is 1.04. The molecule has 1 aromatic heterocycles. The molecular formula is C21H23F2N5O3S. The van der Waals surface area contributed by atoms with E-state index in [1.165, 1.54) is 31.3 Å². The van der Waals surface area contributed by atoms with Gasteiger partial charge in [0.25, 0.3) is 0 Å². The van der Waals surface area contributed by atoms with Crippen molar-refractivity contribution in [2.45, 2.75) is 30.1 Å². The Morgan fingerprint density at radius 1 is 1.28 bits per heavy atom. The molecule has 4 rings (SSSR count). The van der Waals surface area contributed by atoms with E-state index >= 15 is 4.39 Å². The number of carbonyl (C=O) groups is 1. The predicted molar refractivity (Wildman–Crippen MR) is 115 cm³/mol. The molecule has 2 atom stereocenters. The zero-order valence-corrected chi connectivity index (χ0v) is 18.4. The molecule has 8 nitrogen and oxygen atoms in total. The molecule has 1 fully saturated rings. The highest BCUT2D eigenvalue weighted by molar-refractivity contribution is 7.91. The van der Waals surface area contributed by atoms with E-state index in [4.69, 9.17) is 5.73 Å². The SMILES string of the molecule is CN1C(N)=N[C@](C)(c2cc(CC(=O)c3ccc(F)cn3)ccc2F)C2(CCNC2)S1(=O)=O. The largest absolute Gasteiger partial charge is 0.369 e. The monoisotopic (exact) mass is 463 g/mol. The van der Waals surface area contributed by atoms with Crippen LogP contribution in [-0.4, -0.2) is 54.3 Å². The van der Waals surface area contributed by atoms with Crippen molar-refractivity contribution >= 4 is 21.8 Å². The number of benzene rings is 1. The normalized spacial score (nSPS) is 26.9. The number of aromatic nitrogens is 1. The first-order chi connectivity index (χ1) is 15.0. The number of halogens is 2. The Balaban J connectivity index is 1.80. The van der Waals surface area contributed by atoms with Gasteiger partial charge in [-0.05, 0) is 49.7 Å². The van der Waals surface area contributed by atoms with Gasteiger partial charge in [0.2, 0.25) is 16.0 Å². The summed E-state index contributed by atoms with van der Waals surface area (Å²) in [5.41, 5.74) is 4.97. The first kappa shape index (κ1) is 22.3. The van der Waals surface area contributed by atoms with Gasteiger partial charge in [-0.15, -0.1) is 0 Å². The second-order valence-electron chi connectivity index (χ2n) is 8.21. The van der Waals surface area contributed by atoms with E-state index in [-0.39, 0.29) is 42.4 Å². The summed E-state index contributed by atoms with van der Waals surface area (Å²) in [4.78, 5) is 20.8. The molecule has 1 spiro atoms. The van der Waals surface area contributed by atoms with Crippen LogP contribution in [0.25, 0.3) is 0 Å². The lowest BCUT2D eigenvalue weighted by atomic mass is 9.77. The molecule has 2 aromatic rings. The molecule has 1 unspecified atom stereocenters. The van der Waals surface area contributed by atoms with Crippen LogP contribution in [0.2, 0.25) is 0 Å². The highest BCUT2D eigenvalue weighted by Crippen LogP contribution is 2.50. The van der Waals surface area contributed by atoms with Gasteiger partial charge < -0.3 is 11.1 Å². The highest BCUT2D eigenvalue weighted by atomic mass is 32.2. The van der Waals surface area contributed by atoms with Crippen molar-refractivity contribution in [1.82, 2.24) is 14.6 Å². The summed E-state index contributed by atoms with van der Waals surface area (Å²) >= 11 is 0. The second-order valence-corrected chi connectivity index (χ2v) is 10.5. The van der Waals surface area contributed by atoms with Gasteiger partial charge in [0.15, 0.2) is 5.78 Å². The Bertz CT molecular complexity index is 1210. The number of ketones is 1. The van der Waals surface area contributed by atoms with Crippen molar-refractivity contribution in [1.29, 1.82) is 0 Å². The fraction of sp³-hybridized carbons (Fsp3) is 0.381. The number of aliphatic imine (C=N–C) groups is 1. The summed E-state index contributed by atoms with van der Waals surface area (Å²) in [7, 11) is -2.64. The van der Waals surface area contributed by atoms with Crippen molar-refractivity contribution in [2.75, 3.05) is 20.1 Å². The summed E-state index contributed by atoms with van der Waals surface area (Å²) in [5, 5.41) is 3.06. The minimum Gasteiger partial charge on any atom is -0.369 e. The van der Waals surface area contributed by atoms with Crippen molar-refractivity contribution in [2.24, 2.45) is 10.7 Å². The average molecular weight is 464 g/mol. The molecule has 2 aliphatic heterocycles. The lowest BCUT2D eigenvalue weighted by Crippen LogP contribution is -2.65. The Labute approximate surface area is 184 Å². The van der Waals surface area contributed by atoms with E-state index in [0.717, 1.165) is 16.6 Å². The molecule has 0 saturated carbocycles.